The van der Waals surface area contributed by atoms with Crippen molar-refractivity contribution in [2.75, 3.05) is 40.8 Å². The molecule has 1 atom stereocenters. The van der Waals surface area contributed by atoms with Crippen LogP contribution in [0.15, 0.2) is 29.3 Å². The van der Waals surface area contributed by atoms with Gasteiger partial charge in [0.2, 0.25) is 11.8 Å². The van der Waals surface area contributed by atoms with E-state index in [0.29, 0.717) is 25.3 Å². The minimum absolute atomic E-state index is 0.00952. The largest absolute Gasteiger partial charge is 0.497 e. The van der Waals surface area contributed by atoms with Crippen molar-refractivity contribution < 1.29 is 14.3 Å². The zero-order chi connectivity index (χ0) is 21.7. The molecule has 0 N–H and O–H groups in total. The molecule has 1 aromatic carbocycles. The summed E-state index contributed by atoms with van der Waals surface area (Å²) in [6.07, 6.45) is 0. The molecule has 2 amide bonds. The molecular formula is C21H30N4O3S. The van der Waals surface area contributed by atoms with Gasteiger partial charge in [0.25, 0.3) is 0 Å². The van der Waals surface area contributed by atoms with Gasteiger partial charge in [0.1, 0.15) is 5.75 Å². The Balaban J connectivity index is 2.27. The third kappa shape index (κ3) is 4.82. The lowest BCUT2D eigenvalue weighted by molar-refractivity contribution is -0.143. The van der Waals surface area contributed by atoms with Crippen LogP contribution >= 0.6 is 12.2 Å². The van der Waals surface area contributed by atoms with E-state index in [1.807, 2.05) is 52.2 Å². The molecule has 0 aromatic heterocycles. The number of hydrogen-bond donors (Lipinski definition) is 0. The Morgan fingerprint density at radius 2 is 1.66 bits per heavy atom. The van der Waals surface area contributed by atoms with Crippen molar-refractivity contribution in [3.8, 4) is 5.75 Å². The van der Waals surface area contributed by atoms with E-state index in [-0.39, 0.29) is 23.0 Å². The molecule has 0 unspecified atom stereocenters. The Hall–Kier alpha value is -2.32. The molecule has 1 aromatic rings. The van der Waals surface area contributed by atoms with Gasteiger partial charge >= 0.3 is 0 Å². The van der Waals surface area contributed by atoms with Crippen LogP contribution in [-0.2, 0) is 9.59 Å². The number of methoxy groups -OCH3 is 1. The first kappa shape index (κ1) is 23.0. The van der Waals surface area contributed by atoms with Gasteiger partial charge in [0.05, 0.1) is 19.7 Å². The van der Waals surface area contributed by atoms with Crippen LogP contribution in [0.5, 0.6) is 5.75 Å². The second kappa shape index (κ2) is 9.93. The molecule has 158 valence electrons. The van der Waals surface area contributed by atoms with Crippen molar-refractivity contribution in [3.05, 3.63) is 29.8 Å². The third-order valence-electron chi connectivity index (χ3n) is 5.18. The zero-order valence-electron chi connectivity index (χ0n) is 18.0. The molecule has 0 radical (unpaired) electrons. The highest BCUT2D eigenvalue weighted by atomic mass is 32.1. The predicted octanol–water partition coefficient (Wildman–Crippen LogP) is 2.37. The maximum atomic E-state index is 12.9. The van der Waals surface area contributed by atoms with Gasteiger partial charge in [0, 0.05) is 18.8 Å². The number of nitrogens with zero attached hydrogens (tertiary/aromatic N) is 4. The minimum Gasteiger partial charge on any atom is -0.497 e. The lowest BCUT2D eigenvalue weighted by Crippen LogP contribution is -2.60. The van der Waals surface area contributed by atoms with Crippen molar-refractivity contribution in [2.45, 2.75) is 26.8 Å². The number of carbonyl (C=O) groups excluding carboxylic acids is 2. The highest BCUT2D eigenvalue weighted by Crippen LogP contribution is 2.23. The van der Waals surface area contributed by atoms with E-state index < -0.39 is 5.92 Å². The van der Waals surface area contributed by atoms with Gasteiger partial charge in [0.15, 0.2) is 11.0 Å². The maximum Gasteiger partial charge on any atom is 0.247 e. The van der Waals surface area contributed by atoms with Gasteiger partial charge in [-0.25, -0.2) is 0 Å². The summed E-state index contributed by atoms with van der Waals surface area (Å²) in [5.41, 5.74) is 1.60. The maximum absolute atomic E-state index is 12.9. The second-order valence-corrected chi connectivity index (χ2v) is 7.48. The van der Waals surface area contributed by atoms with Crippen LogP contribution in [0.25, 0.3) is 0 Å². The Morgan fingerprint density at radius 3 is 2.07 bits per heavy atom. The molecule has 2 rings (SSSR count). The number of ether oxygens (including phenoxy) is 1. The molecule has 8 heteroatoms. The molecule has 29 heavy (non-hydrogen) atoms. The monoisotopic (exact) mass is 418 g/mol. The van der Waals surface area contributed by atoms with Crippen molar-refractivity contribution in [1.82, 2.24) is 14.7 Å². The summed E-state index contributed by atoms with van der Waals surface area (Å²) in [4.78, 5) is 35.5. The predicted molar refractivity (Wildman–Crippen MR) is 118 cm³/mol. The Morgan fingerprint density at radius 1 is 1.14 bits per heavy atom. The van der Waals surface area contributed by atoms with Crippen LogP contribution in [0.1, 0.15) is 32.4 Å². The van der Waals surface area contributed by atoms with Crippen LogP contribution < -0.4 is 4.74 Å². The number of rotatable bonds is 8. The summed E-state index contributed by atoms with van der Waals surface area (Å²) in [6.45, 7) is 6.74. The van der Waals surface area contributed by atoms with Crippen molar-refractivity contribution in [1.29, 1.82) is 0 Å². The van der Waals surface area contributed by atoms with E-state index in [0.717, 1.165) is 11.3 Å². The fourth-order valence-electron chi connectivity index (χ4n) is 3.41. The molecule has 1 aliphatic heterocycles. The summed E-state index contributed by atoms with van der Waals surface area (Å²) in [7, 11) is 5.59. The van der Waals surface area contributed by atoms with Crippen molar-refractivity contribution >= 4 is 34.9 Å². The van der Waals surface area contributed by atoms with Crippen LogP contribution in [-0.4, -0.2) is 78.2 Å². The molecular weight excluding hydrogens is 388 g/mol. The van der Waals surface area contributed by atoms with Gasteiger partial charge in [-0.2, -0.15) is 0 Å². The van der Waals surface area contributed by atoms with Crippen LogP contribution in [0, 0.1) is 5.92 Å². The first-order chi connectivity index (χ1) is 13.8. The van der Waals surface area contributed by atoms with Crippen LogP contribution in [0.4, 0.5) is 0 Å². The van der Waals surface area contributed by atoms with Gasteiger partial charge in [-0.3, -0.25) is 24.4 Å². The number of thiocarbonyl (C=S) groups is 1. The van der Waals surface area contributed by atoms with Crippen LogP contribution in [0.2, 0.25) is 0 Å². The lowest BCUT2D eigenvalue weighted by Gasteiger charge is -2.38. The standard InChI is InChI=1S/C21H30N4O3S/c1-7-24-19(26)18(20(27)25(8-2)21(24)29)14(3)22-13-17(23(4)5)15-9-11-16(28-6)12-10-15/h9-12,17-18H,7-8,13H2,1-6H3/t17-/m1/s1. The Kier molecular flexibility index (Phi) is 7.87. The second-order valence-electron chi connectivity index (χ2n) is 7.12. The summed E-state index contributed by atoms with van der Waals surface area (Å²) >= 11 is 5.32. The summed E-state index contributed by atoms with van der Waals surface area (Å²) < 4.78 is 5.22. The van der Waals surface area contributed by atoms with Gasteiger partial charge in [-0.05, 0) is 64.8 Å². The number of amides is 2. The van der Waals surface area contributed by atoms with E-state index in [1.54, 1.807) is 14.0 Å². The molecule has 1 fully saturated rings. The number of likely N-dealkylation sites (N-methyl/N-ethyl adjacent to an activating group) is 1. The summed E-state index contributed by atoms with van der Waals surface area (Å²) in [5, 5.41) is 0.276. The van der Waals surface area contributed by atoms with Gasteiger partial charge in [-0.1, -0.05) is 12.1 Å². The number of hydrogen-bond acceptors (Lipinski definition) is 6. The van der Waals surface area contributed by atoms with Gasteiger partial charge < -0.3 is 9.64 Å². The average Bonchev–Trinajstić information content (AvgIpc) is 2.69. The zero-order valence-corrected chi connectivity index (χ0v) is 18.8. The quantitative estimate of drug-likeness (QED) is 0.368. The fourth-order valence-corrected chi connectivity index (χ4v) is 3.84. The molecule has 0 aliphatic carbocycles. The molecule has 0 bridgehead atoms. The highest BCUT2D eigenvalue weighted by Gasteiger charge is 2.43. The van der Waals surface area contributed by atoms with Crippen molar-refractivity contribution in [3.63, 3.8) is 0 Å². The SMILES string of the molecule is CCN1C(=O)C(C(C)=NC[C@H](c2ccc(OC)cc2)N(C)C)C(=O)N(CC)C1=S. The molecule has 0 saturated carbocycles. The molecule has 1 saturated heterocycles. The number of aliphatic imine (C=N–C) groups is 1. The van der Waals surface area contributed by atoms with E-state index in [1.165, 1.54) is 9.80 Å². The first-order valence-electron chi connectivity index (χ1n) is 9.74. The average molecular weight is 419 g/mol. The third-order valence-corrected chi connectivity index (χ3v) is 5.62. The lowest BCUT2D eigenvalue weighted by atomic mass is 9.98. The molecule has 1 heterocycles. The molecule has 0 spiro atoms. The van der Waals surface area contributed by atoms with E-state index >= 15 is 0 Å². The summed E-state index contributed by atoms with van der Waals surface area (Å²) in [5.74, 6) is -0.710. The first-order valence-corrected chi connectivity index (χ1v) is 10.2. The van der Waals surface area contributed by atoms with E-state index in [2.05, 4.69) is 9.89 Å². The Labute approximate surface area is 178 Å². The summed E-state index contributed by atoms with van der Waals surface area (Å²) in [6, 6.07) is 7.84. The smallest absolute Gasteiger partial charge is 0.247 e. The van der Waals surface area contributed by atoms with E-state index in [9.17, 15) is 9.59 Å². The molecule has 1 aliphatic rings. The van der Waals surface area contributed by atoms with E-state index in [4.69, 9.17) is 17.0 Å². The fraction of sp³-hybridized carbons (Fsp3) is 0.524. The number of benzene rings is 1. The van der Waals surface area contributed by atoms with Crippen molar-refractivity contribution in [2.24, 2.45) is 10.9 Å². The van der Waals surface area contributed by atoms with Crippen LogP contribution in [0.3, 0.4) is 0 Å². The topological polar surface area (TPSA) is 65.5 Å². The Bertz CT molecular complexity index is 766. The number of carbonyl (C=O) groups is 2. The normalized spacial score (nSPS) is 17.3. The van der Waals surface area contributed by atoms with Gasteiger partial charge in [-0.15, -0.1) is 0 Å². The minimum atomic E-state index is -0.916. The molecule has 7 nitrogen and oxygen atoms in total. The highest BCUT2D eigenvalue weighted by molar-refractivity contribution is 7.80.